The molecule has 0 saturated heterocycles. The fourth-order valence-electron chi connectivity index (χ4n) is 2.84. The van der Waals surface area contributed by atoms with Gasteiger partial charge >= 0.3 is 0 Å². The van der Waals surface area contributed by atoms with Crippen molar-refractivity contribution in [3.8, 4) is 6.07 Å². The first kappa shape index (κ1) is 20.3. The van der Waals surface area contributed by atoms with Gasteiger partial charge < -0.3 is 10.2 Å². The number of rotatable bonds is 6. The van der Waals surface area contributed by atoms with Crippen molar-refractivity contribution in [1.82, 2.24) is 5.32 Å². The zero-order valence-corrected chi connectivity index (χ0v) is 17.1. The van der Waals surface area contributed by atoms with Gasteiger partial charge in [0.05, 0.1) is 17.6 Å². The van der Waals surface area contributed by atoms with E-state index in [2.05, 4.69) is 11.4 Å². The maximum absolute atomic E-state index is 12.7. The molecule has 3 rings (SSSR count). The van der Waals surface area contributed by atoms with Crippen LogP contribution < -0.4 is 5.32 Å². The topological polar surface area (TPSA) is 90.2 Å². The summed E-state index contributed by atoms with van der Waals surface area (Å²) in [6, 6.07) is 14.4. The van der Waals surface area contributed by atoms with E-state index in [4.69, 9.17) is 16.9 Å². The van der Waals surface area contributed by atoms with Gasteiger partial charge in [0.1, 0.15) is 0 Å². The van der Waals surface area contributed by atoms with E-state index in [0.29, 0.717) is 16.1 Å². The van der Waals surface area contributed by atoms with Crippen LogP contribution in [0.1, 0.15) is 22.6 Å². The fourth-order valence-corrected chi connectivity index (χ4v) is 4.76. The molecule has 0 fully saturated rings. The summed E-state index contributed by atoms with van der Waals surface area (Å²) >= 11 is 7.54. The minimum atomic E-state index is -2.87. The van der Waals surface area contributed by atoms with Crippen molar-refractivity contribution in [3.05, 3.63) is 75.8 Å². The third-order valence-electron chi connectivity index (χ3n) is 4.15. The van der Waals surface area contributed by atoms with Gasteiger partial charge in [0, 0.05) is 22.1 Å². The second-order valence-electron chi connectivity index (χ2n) is 6.06. The first-order valence-corrected chi connectivity index (χ1v) is 11.2. The standard InChI is InChI=1S/C20H16ClN2O3PS/c21-15-4-5-19-16(9-15)18(12-28-19)17(11-27(25)26)20(24)23-7-6-13-2-1-3-14(8-13)10-22/h1-9,12,17,27H,11H2,(H,23,24)(H,25,26)/b7-6+. The van der Waals surface area contributed by atoms with Gasteiger partial charge in [-0.1, -0.05) is 23.7 Å². The zero-order chi connectivity index (χ0) is 20.1. The number of nitrogens with one attached hydrogen (secondary N) is 1. The highest BCUT2D eigenvalue weighted by atomic mass is 35.5. The molecule has 0 aliphatic carbocycles. The second-order valence-corrected chi connectivity index (χ2v) is 8.60. The SMILES string of the molecule is N#Cc1cccc(/C=C/NC(=O)C(C[PH](=O)O)c2csc3ccc(Cl)cc23)c1. The fraction of sp³-hybridized carbons (Fsp3) is 0.100. The number of hydrogen-bond acceptors (Lipinski definition) is 4. The molecule has 0 aliphatic heterocycles. The molecular weight excluding hydrogens is 415 g/mol. The number of hydrogen-bond donors (Lipinski definition) is 2. The number of halogens is 1. The van der Waals surface area contributed by atoms with Crippen LogP contribution in [-0.2, 0) is 9.36 Å². The summed E-state index contributed by atoms with van der Waals surface area (Å²) in [7, 11) is -2.87. The Morgan fingerprint density at radius 2 is 2.18 bits per heavy atom. The second kappa shape index (κ2) is 9.18. The van der Waals surface area contributed by atoms with Gasteiger partial charge in [-0.2, -0.15) is 5.26 Å². The molecule has 8 heteroatoms. The summed E-state index contributed by atoms with van der Waals surface area (Å²) in [5, 5.41) is 14.8. The number of amides is 1. The predicted molar refractivity (Wildman–Crippen MR) is 114 cm³/mol. The number of thiophene rings is 1. The first-order chi connectivity index (χ1) is 13.5. The Labute approximate surface area is 171 Å². The lowest BCUT2D eigenvalue weighted by molar-refractivity contribution is -0.121. The Hall–Kier alpha value is -2.42. The van der Waals surface area contributed by atoms with Crippen molar-refractivity contribution in [2.75, 3.05) is 6.16 Å². The molecule has 2 unspecified atom stereocenters. The lowest BCUT2D eigenvalue weighted by Gasteiger charge is -2.14. The third kappa shape index (κ3) is 4.89. The highest BCUT2D eigenvalue weighted by Gasteiger charge is 2.25. The Bertz CT molecular complexity index is 1120. The summed E-state index contributed by atoms with van der Waals surface area (Å²) in [6.07, 6.45) is 2.99. The molecule has 0 bridgehead atoms. The average Bonchev–Trinajstić information content (AvgIpc) is 3.08. The predicted octanol–water partition coefficient (Wildman–Crippen LogP) is 4.76. The maximum atomic E-state index is 12.7. The minimum absolute atomic E-state index is 0.146. The summed E-state index contributed by atoms with van der Waals surface area (Å²) in [5.41, 5.74) is 1.97. The Kier molecular flexibility index (Phi) is 6.66. The van der Waals surface area contributed by atoms with Gasteiger partial charge in [-0.05, 0) is 58.3 Å². The van der Waals surface area contributed by atoms with E-state index in [9.17, 15) is 14.3 Å². The van der Waals surface area contributed by atoms with Gasteiger partial charge in [-0.25, -0.2) is 0 Å². The molecule has 0 spiro atoms. The molecule has 5 nitrogen and oxygen atoms in total. The molecule has 2 N–H and O–H groups in total. The van der Waals surface area contributed by atoms with E-state index in [0.717, 1.165) is 15.6 Å². The van der Waals surface area contributed by atoms with E-state index in [1.54, 1.807) is 36.4 Å². The number of nitriles is 1. The Morgan fingerprint density at radius 3 is 2.93 bits per heavy atom. The summed E-state index contributed by atoms with van der Waals surface area (Å²) in [5.74, 6) is -1.14. The molecule has 1 aromatic heterocycles. The van der Waals surface area contributed by atoms with Gasteiger partial charge in [-0.15, -0.1) is 11.3 Å². The first-order valence-electron chi connectivity index (χ1n) is 8.33. The van der Waals surface area contributed by atoms with Crippen LogP contribution in [0.25, 0.3) is 16.2 Å². The molecule has 1 heterocycles. The van der Waals surface area contributed by atoms with Crippen LogP contribution >= 0.6 is 31.0 Å². The molecule has 0 radical (unpaired) electrons. The number of nitrogens with zero attached hydrogens (tertiary/aromatic N) is 1. The molecule has 1 amide bonds. The van der Waals surface area contributed by atoms with E-state index in [-0.39, 0.29) is 12.1 Å². The van der Waals surface area contributed by atoms with Crippen LogP contribution in [0.5, 0.6) is 0 Å². The monoisotopic (exact) mass is 430 g/mol. The Balaban J connectivity index is 1.83. The highest BCUT2D eigenvalue weighted by Crippen LogP contribution is 2.36. The summed E-state index contributed by atoms with van der Waals surface area (Å²) in [4.78, 5) is 22.2. The number of benzene rings is 2. The van der Waals surface area contributed by atoms with Crippen molar-refractivity contribution < 1.29 is 14.3 Å². The average molecular weight is 431 g/mol. The number of fused-ring (bicyclic) bond motifs is 1. The van der Waals surface area contributed by atoms with Crippen LogP contribution in [0.15, 0.2) is 54.0 Å². The third-order valence-corrected chi connectivity index (χ3v) is 6.13. The molecule has 142 valence electrons. The molecule has 3 aromatic rings. The number of carbonyl (C=O) groups is 1. The van der Waals surface area contributed by atoms with Crippen molar-refractivity contribution >= 4 is 53.0 Å². The van der Waals surface area contributed by atoms with Crippen molar-refractivity contribution in [2.24, 2.45) is 0 Å². The van der Waals surface area contributed by atoms with Crippen molar-refractivity contribution in [3.63, 3.8) is 0 Å². The molecule has 28 heavy (non-hydrogen) atoms. The van der Waals surface area contributed by atoms with Gasteiger partial charge in [0.25, 0.3) is 0 Å². The van der Waals surface area contributed by atoms with Crippen LogP contribution in [0, 0.1) is 11.3 Å². The molecule has 0 aliphatic rings. The summed E-state index contributed by atoms with van der Waals surface area (Å²) < 4.78 is 12.5. The van der Waals surface area contributed by atoms with Gasteiger partial charge in [0.2, 0.25) is 5.91 Å². The van der Waals surface area contributed by atoms with Crippen LogP contribution in [0.2, 0.25) is 5.02 Å². The lowest BCUT2D eigenvalue weighted by atomic mass is 9.99. The van der Waals surface area contributed by atoms with Crippen LogP contribution in [-0.4, -0.2) is 17.0 Å². The molecule has 2 atom stereocenters. The zero-order valence-electron chi connectivity index (χ0n) is 14.6. The van der Waals surface area contributed by atoms with E-state index < -0.39 is 13.9 Å². The van der Waals surface area contributed by atoms with E-state index in [1.807, 2.05) is 17.5 Å². The van der Waals surface area contributed by atoms with Crippen LogP contribution in [0.3, 0.4) is 0 Å². The Morgan fingerprint density at radius 1 is 1.36 bits per heavy atom. The van der Waals surface area contributed by atoms with Gasteiger partial charge in [-0.3, -0.25) is 9.36 Å². The van der Waals surface area contributed by atoms with Gasteiger partial charge in [0.15, 0.2) is 8.03 Å². The minimum Gasteiger partial charge on any atom is -0.346 e. The largest absolute Gasteiger partial charge is 0.346 e. The molecule has 2 aromatic carbocycles. The van der Waals surface area contributed by atoms with Crippen LogP contribution in [0.4, 0.5) is 0 Å². The maximum Gasteiger partial charge on any atom is 0.232 e. The highest BCUT2D eigenvalue weighted by molar-refractivity contribution is 7.38. The van der Waals surface area contributed by atoms with E-state index in [1.165, 1.54) is 17.5 Å². The van der Waals surface area contributed by atoms with Crippen molar-refractivity contribution in [2.45, 2.75) is 5.92 Å². The number of carbonyl (C=O) groups excluding carboxylic acids is 1. The quantitative estimate of drug-likeness (QED) is 0.551. The lowest BCUT2D eigenvalue weighted by Crippen LogP contribution is -2.26. The smallest absolute Gasteiger partial charge is 0.232 e. The molecular formula is C20H16ClN2O3PS. The van der Waals surface area contributed by atoms with Crippen molar-refractivity contribution in [1.29, 1.82) is 5.26 Å². The molecule has 0 saturated carbocycles. The van der Waals surface area contributed by atoms with E-state index >= 15 is 0 Å². The normalized spacial score (nSPS) is 13.3. The summed E-state index contributed by atoms with van der Waals surface area (Å²) in [6.45, 7) is 0.